The topological polar surface area (TPSA) is 15.3 Å². The summed E-state index contributed by atoms with van der Waals surface area (Å²) in [4.78, 5) is 2.68. The van der Waals surface area contributed by atoms with Crippen LogP contribution in [0, 0.1) is 11.8 Å². The van der Waals surface area contributed by atoms with E-state index >= 15 is 0 Å². The second kappa shape index (κ2) is 4.87. The van der Waals surface area contributed by atoms with Crippen LogP contribution in [0.5, 0.6) is 0 Å². The van der Waals surface area contributed by atoms with Crippen LogP contribution in [-0.4, -0.2) is 31.1 Å². The van der Waals surface area contributed by atoms with E-state index in [1.54, 1.807) is 0 Å². The van der Waals surface area contributed by atoms with Crippen molar-refractivity contribution in [3.8, 4) is 0 Å². The predicted molar refractivity (Wildman–Crippen MR) is 83.8 cm³/mol. The van der Waals surface area contributed by atoms with Crippen molar-refractivity contribution < 1.29 is 0 Å². The minimum atomic E-state index is 0.520. The summed E-state index contributed by atoms with van der Waals surface area (Å²) in [5, 5.41) is 6.30. The Balaban J connectivity index is 1.66. The number of hydrogen-bond acceptors (Lipinski definition) is 2. The standard InChI is InChI=1S/C18H22N2/c1-13(20-11-15-9-19-10-16(15)12-20)17-8-4-6-14-5-2-3-7-18(14)17/h2-8,13,15-16,19H,9-12H2,1H3. The van der Waals surface area contributed by atoms with Crippen LogP contribution in [0.1, 0.15) is 18.5 Å². The first kappa shape index (κ1) is 12.4. The van der Waals surface area contributed by atoms with Crippen LogP contribution < -0.4 is 5.32 Å². The van der Waals surface area contributed by atoms with Crippen LogP contribution in [0.2, 0.25) is 0 Å². The van der Waals surface area contributed by atoms with Gasteiger partial charge in [0, 0.05) is 19.1 Å². The maximum absolute atomic E-state index is 3.53. The quantitative estimate of drug-likeness (QED) is 0.898. The Bertz CT molecular complexity index is 604. The summed E-state index contributed by atoms with van der Waals surface area (Å²) in [5.41, 5.74) is 1.48. The summed E-state index contributed by atoms with van der Waals surface area (Å²) in [6.07, 6.45) is 0. The zero-order valence-corrected chi connectivity index (χ0v) is 12.0. The number of rotatable bonds is 2. The molecule has 2 heteroatoms. The van der Waals surface area contributed by atoms with Crippen molar-refractivity contribution in [1.29, 1.82) is 0 Å². The number of nitrogens with one attached hydrogen (secondary N) is 1. The molecule has 0 aliphatic carbocycles. The highest BCUT2D eigenvalue weighted by atomic mass is 15.2. The lowest BCUT2D eigenvalue weighted by Gasteiger charge is -2.26. The molecule has 20 heavy (non-hydrogen) atoms. The Morgan fingerprint density at radius 3 is 2.50 bits per heavy atom. The smallest absolute Gasteiger partial charge is 0.0326 e. The van der Waals surface area contributed by atoms with Gasteiger partial charge in [-0.1, -0.05) is 42.5 Å². The fourth-order valence-corrected chi connectivity index (χ4v) is 4.02. The van der Waals surface area contributed by atoms with Gasteiger partial charge in [0.2, 0.25) is 0 Å². The van der Waals surface area contributed by atoms with E-state index in [1.807, 2.05) is 0 Å². The van der Waals surface area contributed by atoms with Crippen molar-refractivity contribution in [2.45, 2.75) is 13.0 Å². The Hall–Kier alpha value is -1.38. The van der Waals surface area contributed by atoms with Crippen LogP contribution in [0.25, 0.3) is 10.8 Å². The van der Waals surface area contributed by atoms with Gasteiger partial charge in [-0.2, -0.15) is 0 Å². The molecular weight excluding hydrogens is 244 g/mol. The van der Waals surface area contributed by atoms with E-state index in [4.69, 9.17) is 0 Å². The second-order valence-electron chi connectivity index (χ2n) is 6.38. The minimum Gasteiger partial charge on any atom is -0.316 e. The molecule has 3 atom stereocenters. The number of nitrogens with zero attached hydrogens (tertiary/aromatic N) is 1. The summed E-state index contributed by atoms with van der Waals surface area (Å²) in [6.45, 7) is 7.30. The van der Waals surface area contributed by atoms with E-state index in [2.05, 4.69) is 59.6 Å². The first-order chi connectivity index (χ1) is 9.83. The number of benzene rings is 2. The van der Waals surface area contributed by atoms with Crippen molar-refractivity contribution in [3.05, 3.63) is 48.0 Å². The molecule has 0 spiro atoms. The third-order valence-electron chi connectivity index (χ3n) is 5.24. The highest BCUT2D eigenvalue weighted by Crippen LogP contribution is 2.35. The molecule has 1 N–H and O–H groups in total. The largest absolute Gasteiger partial charge is 0.316 e. The van der Waals surface area contributed by atoms with Crippen molar-refractivity contribution in [1.82, 2.24) is 10.2 Å². The van der Waals surface area contributed by atoms with Gasteiger partial charge in [0.25, 0.3) is 0 Å². The first-order valence-corrected chi connectivity index (χ1v) is 7.75. The SMILES string of the molecule is CC(c1cccc2ccccc12)N1CC2CNCC2C1. The molecule has 4 rings (SSSR count). The molecule has 2 heterocycles. The molecule has 104 valence electrons. The van der Waals surface area contributed by atoms with Crippen molar-refractivity contribution in [2.24, 2.45) is 11.8 Å². The first-order valence-electron chi connectivity index (χ1n) is 7.75. The van der Waals surface area contributed by atoms with Crippen LogP contribution in [-0.2, 0) is 0 Å². The van der Waals surface area contributed by atoms with Crippen LogP contribution >= 0.6 is 0 Å². The normalized spacial score (nSPS) is 27.9. The molecule has 2 saturated heterocycles. The molecule has 3 unspecified atom stereocenters. The van der Waals surface area contributed by atoms with Gasteiger partial charge in [-0.05, 0) is 48.2 Å². The Morgan fingerprint density at radius 1 is 1.00 bits per heavy atom. The van der Waals surface area contributed by atoms with Gasteiger partial charge in [-0.15, -0.1) is 0 Å². The van der Waals surface area contributed by atoms with E-state index in [0.29, 0.717) is 6.04 Å². The van der Waals surface area contributed by atoms with Crippen LogP contribution in [0.4, 0.5) is 0 Å². The van der Waals surface area contributed by atoms with Gasteiger partial charge in [0.15, 0.2) is 0 Å². The minimum absolute atomic E-state index is 0.520. The lowest BCUT2D eigenvalue weighted by atomic mass is 9.99. The summed E-state index contributed by atoms with van der Waals surface area (Å²) < 4.78 is 0. The Labute approximate surface area is 120 Å². The van der Waals surface area contributed by atoms with Gasteiger partial charge in [0.05, 0.1) is 0 Å². The zero-order chi connectivity index (χ0) is 13.5. The maximum atomic E-state index is 3.53. The lowest BCUT2D eigenvalue weighted by Crippen LogP contribution is -2.28. The second-order valence-corrected chi connectivity index (χ2v) is 6.38. The zero-order valence-electron chi connectivity index (χ0n) is 12.0. The fourth-order valence-electron chi connectivity index (χ4n) is 4.02. The third-order valence-corrected chi connectivity index (χ3v) is 5.24. The summed E-state index contributed by atoms with van der Waals surface area (Å²) in [6, 6.07) is 16.0. The van der Waals surface area contributed by atoms with E-state index in [-0.39, 0.29) is 0 Å². The molecule has 2 aliphatic heterocycles. The molecule has 0 saturated carbocycles. The van der Waals surface area contributed by atoms with Gasteiger partial charge in [-0.25, -0.2) is 0 Å². The molecule has 2 aromatic carbocycles. The Morgan fingerprint density at radius 2 is 1.70 bits per heavy atom. The molecule has 2 aromatic rings. The van der Waals surface area contributed by atoms with E-state index < -0.39 is 0 Å². The van der Waals surface area contributed by atoms with E-state index in [1.165, 1.54) is 42.5 Å². The molecule has 2 aliphatic rings. The lowest BCUT2D eigenvalue weighted by molar-refractivity contribution is 0.245. The molecule has 0 amide bonds. The third kappa shape index (κ3) is 1.95. The maximum Gasteiger partial charge on any atom is 0.0326 e. The molecule has 2 fully saturated rings. The van der Waals surface area contributed by atoms with Crippen LogP contribution in [0.15, 0.2) is 42.5 Å². The van der Waals surface area contributed by atoms with Gasteiger partial charge < -0.3 is 5.32 Å². The molecule has 0 radical (unpaired) electrons. The van der Waals surface area contributed by atoms with E-state index in [0.717, 1.165) is 11.8 Å². The summed E-state index contributed by atoms with van der Waals surface area (Å²) >= 11 is 0. The van der Waals surface area contributed by atoms with Gasteiger partial charge >= 0.3 is 0 Å². The molecular formula is C18H22N2. The molecule has 0 bridgehead atoms. The van der Waals surface area contributed by atoms with Crippen LogP contribution in [0.3, 0.4) is 0 Å². The average Bonchev–Trinajstić information content (AvgIpc) is 3.07. The van der Waals surface area contributed by atoms with Crippen molar-refractivity contribution in [2.75, 3.05) is 26.2 Å². The highest BCUT2D eigenvalue weighted by molar-refractivity contribution is 5.86. The number of likely N-dealkylation sites (tertiary alicyclic amines) is 1. The highest BCUT2D eigenvalue weighted by Gasteiger charge is 2.38. The van der Waals surface area contributed by atoms with Gasteiger partial charge in [-0.3, -0.25) is 4.90 Å². The predicted octanol–water partition coefficient (Wildman–Crippen LogP) is 3.05. The molecule has 2 nitrogen and oxygen atoms in total. The number of fused-ring (bicyclic) bond motifs is 2. The number of hydrogen-bond donors (Lipinski definition) is 1. The monoisotopic (exact) mass is 266 g/mol. The van der Waals surface area contributed by atoms with E-state index in [9.17, 15) is 0 Å². The van der Waals surface area contributed by atoms with Gasteiger partial charge in [0.1, 0.15) is 0 Å². The molecule has 0 aromatic heterocycles. The Kier molecular flexibility index (Phi) is 3.01. The fraction of sp³-hybridized carbons (Fsp3) is 0.444. The summed E-state index contributed by atoms with van der Waals surface area (Å²) in [7, 11) is 0. The van der Waals surface area contributed by atoms with Crippen molar-refractivity contribution >= 4 is 10.8 Å². The average molecular weight is 266 g/mol. The summed E-state index contributed by atoms with van der Waals surface area (Å²) in [5.74, 6) is 1.74. The van der Waals surface area contributed by atoms with Crippen molar-refractivity contribution in [3.63, 3.8) is 0 Å².